The summed E-state index contributed by atoms with van der Waals surface area (Å²) in [4.78, 5) is 6.62. The molecule has 1 fully saturated rings. The van der Waals surface area contributed by atoms with Crippen LogP contribution in [0.15, 0.2) is 18.3 Å². The van der Waals surface area contributed by atoms with E-state index in [2.05, 4.69) is 28.2 Å². The Morgan fingerprint density at radius 2 is 2.47 bits per heavy atom. The van der Waals surface area contributed by atoms with E-state index in [0.717, 1.165) is 31.7 Å². The van der Waals surface area contributed by atoms with Crippen molar-refractivity contribution < 1.29 is 0 Å². The highest BCUT2D eigenvalue weighted by Crippen LogP contribution is 2.18. The van der Waals surface area contributed by atoms with Crippen molar-refractivity contribution in [1.29, 1.82) is 0 Å². The molecule has 2 rings (SSSR count). The predicted octanol–water partition coefficient (Wildman–Crippen LogP) is 2.31. The van der Waals surface area contributed by atoms with Crippen LogP contribution in [0, 0.1) is 0 Å². The molecule has 1 aliphatic heterocycles. The third kappa shape index (κ3) is 3.41. The second kappa shape index (κ2) is 6.34. The fourth-order valence-corrected chi connectivity index (χ4v) is 2.58. The number of hydrogen-bond donors (Lipinski definition) is 1. The maximum Gasteiger partial charge on any atom is 0.133 e. The summed E-state index contributed by atoms with van der Waals surface area (Å²) in [5, 5.41) is 4.09. The molecule has 0 saturated carbocycles. The van der Waals surface area contributed by atoms with Gasteiger partial charge in [0.1, 0.15) is 5.15 Å². The van der Waals surface area contributed by atoms with Crippen molar-refractivity contribution in [3.63, 3.8) is 0 Å². The summed E-state index contributed by atoms with van der Waals surface area (Å²) in [6.07, 6.45) is 4.28. The van der Waals surface area contributed by atoms with Gasteiger partial charge in [-0.05, 0) is 32.0 Å². The summed E-state index contributed by atoms with van der Waals surface area (Å²) < 4.78 is 0. The molecule has 1 saturated heterocycles. The average molecular weight is 254 g/mol. The Labute approximate surface area is 108 Å². The third-order valence-corrected chi connectivity index (χ3v) is 3.74. The van der Waals surface area contributed by atoms with E-state index in [1.807, 2.05) is 6.07 Å². The molecule has 94 valence electrons. The van der Waals surface area contributed by atoms with Crippen molar-refractivity contribution in [2.45, 2.75) is 32.4 Å². The van der Waals surface area contributed by atoms with Crippen LogP contribution < -0.4 is 5.32 Å². The molecule has 1 aliphatic rings. The molecule has 3 nitrogen and oxygen atoms in total. The normalized spacial score (nSPS) is 20.8. The minimum Gasteiger partial charge on any atom is -0.315 e. The first-order chi connectivity index (χ1) is 8.31. The number of halogens is 1. The third-order valence-electron chi connectivity index (χ3n) is 3.40. The van der Waals surface area contributed by atoms with Gasteiger partial charge < -0.3 is 5.32 Å². The summed E-state index contributed by atoms with van der Waals surface area (Å²) in [7, 11) is 0. The van der Waals surface area contributed by atoms with Crippen LogP contribution >= 0.6 is 11.6 Å². The van der Waals surface area contributed by atoms with Crippen molar-refractivity contribution >= 4 is 11.6 Å². The van der Waals surface area contributed by atoms with E-state index in [-0.39, 0.29) is 0 Å². The lowest BCUT2D eigenvalue weighted by atomic mass is 10.1. The molecule has 17 heavy (non-hydrogen) atoms. The maximum absolute atomic E-state index is 6.11. The van der Waals surface area contributed by atoms with Gasteiger partial charge >= 0.3 is 0 Å². The Bertz CT molecular complexity index is 350. The Morgan fingerprint density at radius 3 is 3.12 bits per heavy atom. The molecule has 0 amide bonds. The van der Waals surface area contributed by atoms with E-state index in [1.165, 1.54) is 12.8 Å². The van der Waals surface area contributed by atoms with Crippen LogP contribution in [0.2, 0.25) is 5.15 Å². The summed E-state index contributed by atoms with van der Waals surface area (Å²) in [5.41, 5.74) is 1.13. The highest BCUT2D eigenvalue weighted by Gasteiger charge is 2.20. The van der Waals surface area contributed by atoms with Crippen LogP contribution in [0.4, 0.5) is 0 Å². The van der Waals surface area contributed by atoms with Crippen molar-refractivity contribution in [2.24, 2.45) is 0 Å². The standard InChI is InChI=1S/C13H20ClN3/c1-2-17(12-6-4-7-15-9-12)10-11-5-3-8-16-13(11)14/h3,5,8,12,15H,2,4,6-7,9-10H2,1H3. The molecule has 1 N–H and O–H groups in total. The zero-order valence-corrected chi connectivity index (χ0v) is 11.1. The highest BCUT2D eigenvalue weighted by atomic mass is 35.5. The fraction of sp³-hybridized carbons (Fsp3) is 0.615. The van der Waals surface area contributed by atoms with E-state index < -0.39 is 0 Å². The monoisotopic (exact) mass is 253 g/mol. The molecule has 1 aromatic rings. The minimum atomic E-state index is 0.630. The molecule has 0 aromatic carbocycles. The quantitative estimate of drug-likeness (QED) is 0.835. The SMILES string of the molecule is CCN(Cc1cccnc1Cl)C1CCCNC1. The lowest BCUT2D eigenvalue weighted by molar-refractivity contribution is 0.166. The van der Waals surface area contributed by atoms with Gasteiger partial charge in [-0.3, -0.25) is 4.90 Å². The van der Waals surface area contributed by atoms with E-state index >= 15 is 0 Å². The van der Waals surface area contributed by atoms with Gasteiger partial charge in [-0.2, -0.15) is 0 Å². The molecule has 0 aliphatic carbocycles. The largest absolute Gasteiger partial charge is 0.315 e. The number of aromatic nitrogens is 1. The van der Waals surface area contributed by atoms with Crippen LogP contribution in [-0.2, 0) is 6.54 Å². The zero-order chi connectivity index (χ0) is 12.1. The fourth-order valence-electron chi connectivity index (χ4n) is 2.40. The Hall–Kier alpha value is -0.640. The van der Waals surface area contributed by atoms with Gasteiger partial charge in [-0.1, -0.05) is 24.6 Å². The molecule has 0 spiro atoms. The van der Waals surface area contributed by atoms with Crippen LogP contribution in [0.25, 0.3) is 0 Å². The first-order valence-electron chi connectivity index (χ1n) is 6.35. The number of rotatable bonds is 4. The summed E-state index contributed by atoms with van der Waals surface area (Å²) in [6.45, 7) is 6.40. The molecular weight excluding hydrogens is 234 g/mol. The molecule has 2 heterocycles. The van der Waals surface area contributed by atoms with Crippen molar-refractivity contribution in [3.8, 4) is 0 Å². The molecule has 1 atom stereocenters. The van der Waals surface area contributed by atoms with Gasteiger partial charge in [0.05, 0.1) is 0 Å². The predicted molar refractivity (Wildman–Crippen MR) is 71.2 cm³/mol. The smallest absolute Gasteiger partial charge is 0.133 e. The van der Waals surface area contributed by atoms with E-state index in [9.17, 15) is 0 Å². The van der Waals surface area contributed by atoms with E-state index in [1.54, 1.807) is 6.20 Å². The van der Waals surface area contributed by atoms with Gasteiger partial charge in [-0.25, -0.2) is 4.98 Å². The highest BCUT2D eigenvalue weighted by molar-refractivity contribution is 6.30. The Balaban J connectivity index is 2.01. The van der Waals surface area contributed by atoms with Crippen molar-refractivity contribution in [3.05, 3.63) is 29.0 Å². The minimum absolute atomic E-state index is 0.630. The molecule has 4 heteroatoms. The lowest BCUT2D eigenvalue weighted by Crippen LogP contribution is -2.45. The van der Waals surface area contributed by atoms with E-state index in [0.29, 0.717) is 11.2 Å². The Morgan fingerprint density at radius 1 is 1.59 bits per heavy atom. The van der Waals surface area contributed by atoms with Gasteiger partial charge in [0.2, 0.25) is 0 Å². The van der Waals surface area contributed by atoms with Gasteiger partial charge in [0, 0.05) is 30.9 Å². The van der Waals surface area contributed by atoms with Crippen LogP contribution in [0.5, 0.6) is 0 Å². The summed E-state index contributed by atoms with van der Waals surface area (Å²) >= 11 is 6.11. The molecule has 0 bridgehead atoms. The maximum atomic E-state index is 6.11. The van der Waals surface area contributed by atoms with Crippen LogP contribution in [0.1, 0.15) is 25.3 Å². The first-order valence-corrected chi connectivity index (χ1v) is 6.73. The number of nitrogens with zero attached hydrogens (tertiary/aromatic N) is 2. The number of hydrogen-bond acceptors (Lipinski definition) is 3. The lowest BCUT2D eigenvalue weighted by Gasteiger charge is -2.34. The average Bonchev–Trinajstić information content (AvgIpc) is 2.39. The number of nitrogens with one attached hydrogen (secondary N) is 1. The van der Waals surface area contributed by atoms with Crippen molar-refractivity contribution in [2.75, 3.05) is 19.6 Å². The first kappa shape index (κ1) is 12.8. The van der Waals surface area contributed by atoms with E-state index in [4.69, 9.17) is 11.6 Å². The number of pyridine rings is 1. The van der Waals surface area contributed by atoms with Gasteiger partial charge in [-0.15, -0.1) is 0 Å². The van der Waals surface area contributed by atoms with Gasteiger partial charge in [0.25, 0.3) is 0 Å². The molecule has 0 radical (unpaired) electrons. The van der Waals surface area contributed by atoms with Crippen LogP contribution in [-0.4, -0.2) is 35.6 Å². The zero-order valence-electron chi connectivity index (χ0n) is 10.3. The summed E-state index contributed by atoms with van der Waals surface area (Å²) in [5.74, 6) is 0. The second-order valence-corrected chi connectivity index (χ2v) is 4.87. The van der Waals surface area contributed by atoms with Crippen LogP contribution in [0.3, 0.4) is 0 Å². The number of piperidine rings is 1. The molecular formula is C13H20ClN3. The van der Waals surface area contributed by atoms with Gasteiger partial charge in [0.15, 0.2) is 0 Å². The number of likely N-dealkylation sites (N-methyl/N-ethyl adjacent to an activating group) is 1. The van der Waals surface area contributed by atoms with Crippen molar-refractivity contribution in [1.82, 2.24) is 15.2 Å². The second-order valence-electron chi connectivity index (χ2n) is 4.52. The molecule has 1 unspecified atom stereocenters. The molecule has 1 aromatic heterocycles. The Kier molecular flexibility index (Phi) is 4.77. The topological polar surface area (TPSA) is 28.2 Å². The summed E-state index contributed by atoms with van der Waals surface area (Å²) in [6, 6.07) is 4.65.